The van der Waals surface area contributed by atoms with E-state index in [-0.39, 0.29) is 17.0 Å². The van der Waals surface area contributed by atoms with Crippen molar-refractivity contribution in [1.82, 2.24) is 4.90 Å². The number of nitrogens with zero attached hydrogens (tertiary/aromatic N) is 2. The fourth-order valence-corrected chi connectivity index (χ4v) is 5.68. The molecule has 2 heterocycles. The maximum absolute atomic E-state index is 12.9. The number of hydrogen-bond donors (Lipinski definition) is 1. The highest BCUT2D eigenvalue weighted by Gasteiger charge is 2.37. The zero-order chi connectivity index (χ0) is 24.8. The van der Waals surface area contributed by atoms with Crippen molar-refractivity contribution in [1.29, 1.82) is 0 Å². The van der Waals surface area contributed by atoms with Crippen LogP contribution in [-0.2, 0) is 9.59 Å². The van der Waals surface area contributed by atoms with Crippen LogP contribution in [0.25, 0.3) is 6.08 Å². The maximum atomic E-state index is 12.9. The second-order valence-corrected chi connectivity index (χ2v) is 11.5. The lowest BCUT2D eigenvalue weighted by Gasteiger charge is -2.45. The summed E-state index contributed by atoms with van der Waals surface area (Å²) in [5, 5.41) is 2.73. The van der Waals surface area contributed by atoms with Crippen LogP contribution in [0.4, 0.5) is 16.2 Å². The zero-order valence-corrected chi connectivity index (χ0v) is 22.5. The Morgan fingerprint density at radius 1 is 1.26 bits per heavy atom. The Morgan fingerprint density at radius 2 is 1.94 bits per heavy atom. The van der Waals surface area contributed by atoms with Gasteiger partial charge in [0.25, 0.3) is 11.1 Å². The fourth-order valence-electron chi connectivity index (χ4n) is 4.37. The summed E-state index contributed by atoms with van der Waals surface area (Å²) in [4.78, 5) is 41.3. The monoisotopic (exact) mass is 561 g/mol. The number of hydrogen-bond acceptors (Lipinski definition) is 5. The predicted molar refractivity (Wildman–Crippen MR) is 142 cm³/mol. The summed E-state index contributed by atoms with van der Waals surface area (Å²) in [5.41, 5.74) is 3.51. The lowest BCUT2D eigenvalue weighted by Crippen LogP contribution is -2.45. The van der Waals surface area contributed by atoms with E-state index in [9.17, 15) is 14.4 Å². The van der Waals surface area contributed by atoms with Gasteiger partial charge in [-0.25, -0.2) is 0 Å². The fraction of sp³-hybridized carbons (Fsp3) is 0.320. The first kappa shape index (κ1) is 24.8. The van der Waals surface area contributed by atoms with E-state index < -0.39 is 17.1 Å². The third-order valence-corrected chi connectivity index (χ3v) is 8.11. The minimum Gasteiger partial charge on any atom is -0.369 e. The first-order valence-corrected chi connectivity index (χ1v) is 12.8. The van der Waals surface area contributed by atoms with Crippen molar-refractivity contribution in [3.8, 4) is 0 Å². The van der Waals surface area contributed by atoms with Gasteiger partial charge in [0, 0.05) is 33.5 Å². The number of fused-ring (bicyclic) bond motifs is 1. The number of thioether (sulfide) groups is 1. The van der Waals surface area contributed by atoms with E-state index in [1.165, 1.54) is 0 Å². The number of rotatable bonds is 4. The Kier molecular flexibility index (Phi) is 6.86. The van der Waals surface area contributed by atoms with Crippen molar-refractivity contribution in [2.45, 2.75) is 38.6 Å². The summed E-state index contributed by atoms with van der Waals surface area (Å²) in [7, 11) is 2.06. The number of imide groups is 1. The van der Waals surface area contributed by atoms with E-state index in [4.69, 9.17) is 11.6 Å². The molecule has 0 aliphatic carbocycles. The van der Waals surface area contributed by atoms with Gasteiger partial charge < -0.3 is 10.2 Å². The van der Waals surface area contributed by atoms with Crippen molar-refractivity contribution < 1.29 is 14.4 Å². The second kappa shape index (κ2) is 9.40. The molecule has 6 nitrogen and oxygen atoms in total. The molecule has 1 N–H and O–H groups in total. The third kappa shape index (κ3) is 4.90. The molecule has 3 amide bonds. The van der Waals surface area contributed by atoms with E-state index in [0.29, 0.717) is 22.2 Å². The van der Waals surface area contributed by atoms with Gasteiger partial charge in [-0.2, -0.15) is 0 Å². The molecule has 2 aliphatic heterocycles. The van der Waals surface area contributed by atoms with Crippen molar-refractivity contribution in [2.75, 3.05) is 23.8 Å². The molecular weight excluding hydrogens is 538 g/mol. The Hall–Kier alpha value is -2.29. The molecule has 0 saturated carbocycles. The van der Waals surface area contributed by atoms with Gasteiger partial charge in [0.15, 0.2) is 0 Å². The van der Waals surface area contributed by atoms with Gasteiger partial charge in [-0.3, -0.25) is 19.3 Å². The zero-order valence-electron chi connectivity index (χ0n) is 19.3. The summed E-state index contributed by atoms with van der Waals surface area (Å²) in [5.74, 6) is -0.624. The number of amides is 3. The molecule has 0 spiro atoms. The molecule has 4 rings (SSSR count). The number of halogens is 2. The summed E-state index contributed by atoms with van der Waals surface area (Å²) < 4.78 is 0.882. The maximum Gasteiger partial charge on any atom is 0.294 e. The smallest absolute Gasteiger partial charge is 0.294 e. The van der Waals surface area contributed by atoms with Gasteiger partial charge in [0.1, 0.15) is 6.54 Å². The minimum atomic E-state index is -0.499. The lowest BCUT2D eigenvalue weighted by atomic mass is 9.80. The highest BCUT2D eigenvalue weighted by atomic mass is 79.9. The van der Waals surface area contributed by atoms with E-state index in [1.54, 1.807) is 30.3 Å². The number of nitrogens with one attached hydrogen (secondary N) is 1. The molecule has 0 bridgehead atoms. The highest BCUT2D eigenvalue weighted by Crippen LogP contribution is 2.45. The van der Waals surface area contributed by atoms with Crippen LogP contribution in [-0.4, -0.2) is 41.1 Å². The molecule has 2 aliphatic rings. The van der Waals surface area contributed by atoms with Crippen LogP contribution in [0.2, 0.25) is 5.02 Å². The van der Waals surface area contributed by atoms with E-state index >= 15 is 0 Å². The molecule has 0 aromatic heterocycles. The van der Waals surface area contributed by atoms with Gasteiger partial charge in [0.2, 0.25) is 5.91 Å². The van der Waals surface area contributed by atoms with Crippen LogP contribution in [0.15, 0.2) is 45.8 Å². The Morgan fingerprint density at radius 3 is 2.62 bits per heavy atom. The van der Waals surface area contributed by atoms with Gasteiger partial charge in [-0.15, -0.1) is 0 Å². The van der Waals surface area contributed by atoms with Crippen LogP contribution in [0, 0.1) is 0 Å². The van der Waals surface area contributed by atoms with Crippen molar-refractivity contribution in [3.63, 3.8) is 0 Å². The molecule has 1 saturated heterocycles. The summed E-state index contributed by atoms with van der Waals surface area (Å²) >= 11 is 10.7. The lowest BCUT2D eigenvalue weighted by molar-refractivity contribution is -0.127. The molecule has 34 heavy (non-hydrogen) atoms. The van der Waals surface area contributed by atoms with Crippen LogP contribution in [0.3, 0.4) is 0 Å². The predicted octanol–water partition coefficient (Wildman–Crippen LogP) is 6.50. The molecule has 2 aromatic rings. The first-order valence-electron chi connectivity index (χ1n) is 10.8. The first-order chi connectivity index (χ1) is 16.0. The Balaban J connectivity index is 1.54. The summed E-state index contributed by atoms with van der Waals surface area (Å²) in [6, 6.07) is 11.0. The number of carbonyl (C=O) groups is 3. The van der Waals surface area contributed by atoms with E-state index in [0.717, 1.165) is 38.8 Å². The van der Waals surface area contributed by atoms with E-state index in [2.05, 4.69) is 54.0 Å². The van der Waals surface area contributed by atoms with Gasteiger partial charge in [-0.1, -0.05) is 34.5 Å². The topological polar surface area (TPSA) is 69.7 Å². The summed E-state index contributed by atoms with van der Waals surface area (Å²) in [6.07, 6.45) is 2.63. The second-order valence-electron chi connectivity index (χ2n) is 9.23. The minimum absolute atomic E-state index is 0.0107. The van der Waals surface area contributed by atoms with Crippen molar-refractivity contribution >= 4 is 73.8 Å². The van der Waals surface area contributed by atoms with Crippen LogP contribution in [0.5, 0.6) is 0 Å². The molecular formula is C25H25BrClN3O3S. The van der Waals surface area contributed by atoms with E-state index in [1.807, 2.05) is 12.1 Å². The summed E-state index contributed by atoms with van der Waals surface area (Å²) in [6.45, 7) is 6.24. The van der Waals surface area contributed by atoms with Gasteiger partial charge >= 0.3 is 0 Å². The Labute approximate surface area is 216 Å². The standard InChI is InChI=1S/C25H25BrClN3O3S/c1-14-12-25(2,3)29(4)20-11-19(27)15(9-18(14)20)10-21-23(32)30(24(33)34-21)13-22(31)28-17-7-5-16(26)6-8-17/h5-11,14H,12-13H2,1-4H3,(H,28,31)/b21-10-/t14-/m1/s1. The number of anilines is 2. The number of carbonyl (C=O) groups excluding carboxylic acids is 3. The average molecular weight is 563 g/mol. The van der Waals surface area contributed by atoms with Crippen LogP contribution in [0.1, 0.15) is 44.2 Å². The van der Waals surface area contributed by atoms with Crippen LogP contribution >= 0.6 is 39.3 Å². The van der Waals surface area contributed by atoms with Crippen LogP contribution < -0.4 is 10.2 Å². The van der Waals surface area contributed by atoms with Crippen molar-refractivity contribution in [3.05, 3.63) is 61.9 Å². The van der Waals surface area contributed by atoms with Gasteiger partial charge in [-0.05, 0) is 91.5 Å². The normalized spacial score (nSPS) is 20.6. The molecule has 178 valence electrons. The molecule has 1 fully saturated rings. The van der Waals surface area contributed by atoms with Gasteiger partial charge in [0.05, 0.1) is 4.91 Å². The number of benzene rings is 2. The molecule has 2 aromatic carbocycles. The van der Waals surface area contributed by atoms with Crippen molar-refractivity contribution in [2.24, 2.45) is 0 Å². The highest BCUT2D eigenvalue weighted by molar-refractivity contribution is 9.10. The quantitative estimate of drug-likeness (QED) is 0.431. The average Bonchev–Trinajstić information content (AvgIpc) is 3.02. The Bertz CT molecular complexity index is 1210. The molecule has 0 radical (unpaired) electrons. The third-order valence-electron chi connectivity index (χ3n) is 6.34. The molecule has 1 atom stereocenters. The molecule has 0 unspecified atom stereocenters. The SMILES string of the molecule is C[C@@H]1CC(C)(C)N(C)c2cc(Cl)c(/C=C3\SC(=O)N(CC(=O)Nc4ccc(Br)cc4)C3=O)cc21. The molecule has 9 heteroatoms. The largest absolute Gasteiger partial charge is 0.369 e.